The van der Waals surface area contributed by atoms with E-state index in [1.807, 2.05) is 18.2 Å². The zero-order chi connectivity index (χ0) is 21.3. The molecule has 2 aromatic rings. The molecule has 0 atom stereocenters. The number of sulfonamides is 1. The molecule has 1 saturated heterocycles. The van der Waals surface area contributed by atoms with E-state index < -0.39 is 10.0 Å². The molecular formula is C21H25N3O5S. The molecule has 0 aromatic heterocycles. The maximum atomic E-state index is 13.1. The van der Waals surface area contributed by atoms with Gasteiger partial charge < -0.3 is 14.8 Å². The molecule has 9 heteroatoms. The van der Waals surface area contributed by atoms with Crippen LogP contribution in [-0.2, 0) is 21.4 Å². The van der Waals surface area contributed by atoms with Gasteiger partial charge in [0.15, 0.2) is 11.5 Å². The number of benzene rings is 2. The number of nitrogens with zero attached hydrogens (tertiary/aromatic N) is 2. The van der Waals surface area contributed by atoms with E-state index in [2.05, 4.69) is 10.2 Å². The van der Waals surface area contributed by atoms with Crippen molar-refractivity contribution in [1.29, 1.82) is 0 Å². The fraction of sp³-hybridized carbons (Fsp3) is 0.381. The van der Waals surface area contributed by atoms with Gasteiger partial charge in [-0.2, -0.15) is 4.31 Å². The van der Waals surface area contributed by atoms with Gasteiger partial charge in [-0.1, -0.05) is 6.07 Å². The first-order chi connectivity index (χ1) is 14.3. The summed E-state index contributed by atoms with van der Waals surface area (Å²) < 4.78 is 38.4. The van der Waals surface area contributed by atoms with Crippen molar-refractivity contribution >= 4 is 21.6 Å². The lowest BCUT2D eigenvalue weighted by atomic mass is 10.2. The van der Waals surface area contributed by atoms with Gasteiger partial charge in [0.05, 0.1) is 4.90 Å². The second kappa shape index (κ2) is 8.25. The molecule has 1 fully saturated rings. The Morgan fingerprint density at radius 1 is 1.03 bits per heavy atom. The van der Waals surface area contributed by atoms with Crippen LogP contribution >= 0.6 is 0 Å². The van der Waals surface area contributed by atoms with Crippen LogP contribution in [0.1, 0.15) is 18.1 Å². The summed E-state index contributed by atoms with van der Waals surface area (Å²) in [5.74, 6) is 1.33. The van der Waals surface area contributed by atoms with E-state index in [-0.39, 0.29) is 17.6 Å². The third kappa shape index (κ3) is 4.28. The summed E-state index contributed by atoms with van der Waals surface area (Å²) in [6.07, 6.45) is 0. The molecule has 0 spiro atoms. The Hall–Kier alpha value is -2.62. The lowest BCUT2D eigenvalue weighted by Gasteiger charge is -2.34. The summed E-state index contributed by atoms with van der Waals surface area (Å²) in [6.45, 7) is 6.35. The Bertz CT molecular complexity index is 1060. The molecule has 2 aliphatic rings. The third-order valence-electron chi connectivity index (χ3n) is 5.32. The van der Waals surface area contributed by atoms with Crippen LogP contribution in [0.4, 0.5) is 5.69 Å². The average Bonchev–Trinajstić information content (AvgIpc) is 3.17. The molecule has 160 valence electrons. The Morgan fingerprint density at radius 2 is 1.77 bits per heavy atom. The zero-order valence-corrected chi connectivity index (χ0v) is 17.9. The van der Waals surface area contributed by atoms with Crippen LogP contribution < -0.4 is 14.8 Å². The number of carbonyl (C=O) groups is 1. The zero-order valence-electron chi connectivity index (χ0n) is 17.1. The Labute approximate surface area is 176 Å². The first-order valence-corrected chi connectivity index (χ1v) is 11.3. The van der Waals surface area contributed by atoms with Gasteiger partial charge in [0.2, 0.25) is 22.7 Å². The summed E-state index contributed by atoms with van der Waals surface area (Å²) in [4.78, 5) is 13.7. The molecule has 2 aromatic carbocycles. The van der Waals surface area contributed by atoms with Gasteiger partial charge in [-0.3, -0.25) is 9.69 Å². The number of ether oxygens (including phenoxy) is 2. The van der Waals surface area contributed by atoms with E-state index in [9.17, 15) is 13.2 Å². The van der Waals surface area contributed by atoms with Crippen molar-refractivity contribution in [3.63, 3.8) is 0 Å². The van der Waals surface area contributed by atoms with E-state index >= 15 is 0 Å². The van der Waals surface area contributed by atoms with Crippen molar-refractivity contribution < 1.29 is 22.7 Å². The molecule has 0 aliphatic carbocycles. The number of carbonyl (C=O) groups excluding carboxylic acids is 1. The van der Waals surface area contributed by atoms with Crippen LogP contribution in [0.25, 0.3) is 0 Å². The number of rotatable bonds is 5. The van der Waals surface area contributed by atoms with Gasteiger partial charge in [-0.15, -0.1) is 0 Å². The average molecular weight is 432 g/mol. The van der Waals surface area contributed by atoms with Crippen LogP contribution in [-0.4, -0.2) is 56.5 Å². The monoisotopic (exact) mass is 431 g/mol. The normalized spacial score (nSPS) is 17.1. The van der Waals surface area contributed by atoms with Crippen LogP contribution in [0.2, 0.25) is 0 Å². The molecule has 30 heavy (non-hydrogen) atoms. The molecule has 0 radical (unpaired) electrons. The quantitative estimate of drug-likeness (QED) is 0.781. The number of fused-ring (bicyclic) bond motifs is 1. The van der Waals surface area contributed by atoms with E-state index in [1.54, 1.807) is 25.1 Å². The summed E-state index contributed by atoms with van der Waals surface area (Å²) in [7, 11) is -3.58. The summed E-state index contributed by atoms with van der Waals surface area (Å²) in [5, 5.41) is 2.70. The minimum Gasteiger partial charge on any atom is -0.454 e. The van der Waals surface area contributed by atoms with E-state index in [0.717, 1.165) is 23.6 Å². The molecule has 0 saturated carbocycles. The Balaban J connectivity index is 1.39. The topological polar surface area (TPSA) is 88.2 Å². The van der Waals surface area contributed by atoms with Gasteiger partial charge in [-0.05, 0) is 48.4 Å². The van der Waals surface area contributed by atoms with Crippen molar-refractivity contribution in [3.8, 4) is 11.5 Å². The standard InChI is InChI=1S/C21H25N3O5S/c1-15-11-18(4-5-19(15)22-16(2)25)30(26,27)24-9-7-23(8-10-24)13-17-3-6-20-21(12-17)29-14-28-20/h3-6,11-12H,7-10,13-14H2,1-2H3,(H,22,25). The number of hydrogen-bond acceptors (Lipinski definition) is 6. The minimum atomic E-state index is -3.58. The van der Waals surface area contributed by atoms with Crippen molar-refractivity contribution in [3.05, 3.63) is 47.5 Å². The second-order valence-corrected chi connectivity index (χ2v) is 9.46. The fourth-order valence-electron chi connectivity index (χ4n) is 3.70. The molecule has 1 amide bonds. The predicted molar refractivity (Wildman–Crippen MR) is 112 cm³/mol. The van der Waals surface area contributed by atoms with Crippen molar-refractivity contribution in [1.82, 2.24) is 9.21 Å². The molecule has 2 aliphatic heterocycles. The number of amides is 1. The predicted octanol–water partition coefficient (Wildman–Crippen LogP) is 2.19. The first kappa shape index (κ1) is 20.6. The lowest BCUT2D eigenvalue weighted by molar-refractivity contribution is -0.114. The number of hydrogen-bond donors (Lipinski definition) is 1. The van der Waals surface area contributed by atoms with Gasteiger partial charge in [0.25, 0.3) is 0 Å². The molecule has 8 nitrogen and oxygen atoms in total. The highest BCUT2D eigenvalue weighted by Crippen LogP contribution is 2.33. The fourth-order valence-corrected chi connectivity index (χ4v) is 5.21. The van der Waals surface area contributed by atoms with Crippen molar-refractivity contribution in [2.24, 2.45) is 0 Å². The van der Waals surface area contributed by atoms with Crippen LogP contribution in [0.15, 0.2) is 41.3 Å². The highest BCUT2D eigenvalue weighted by molar-refractivity contribution is 7.89. The SMILES string of the molecule is CC(=O)Nc1ccc(S(=O)(=O)N2CCN(Cc3ccc4c(c3)OCO4)CC2)cc1C. The first-order valence-electron chi connectivity index (χ1n) is 9.82. The molecular weight excluding hydrogens is 406 g/mol. The smallest absolute Gasteiger partial charge is 0.243 e. The van der Waals surface area contributed by atoms with E-state index in [4.69, 9.17) is 9.47 Å². The Kier molecular flexibility index (Phi) is 5.68. The van der Waals surface area contributed by atoms with Crippen molar-refractivity contribution in [2.45, 2.75) is 25.3 Å². The minimum absolute atomic E-state index is 0.188. The molecule has 0 unspecified atom stereocenters. The van der Waals surface area contributed by atoms with Crippen LogP contribution in [0, 0.1) is 6.92 Å². The number of aryl methyl sites for hydroxylation is 1. The lowest BCUT2D eigenvalue weighted by Crippen LogP contribution is -2.48. The van der Waals surface area contributed by atoms with Gasteiger partial charge >= 0.3 is 0 Å². The summed E-state index contributed by atoms with van der Waals surface area (Å²) in [5.41, 5.74) is 2.45. The third-order valence-corrected chi connectivity index (χ3v) is 7.22. The van der Waals surface area contributed by atoms with Gasteiger partial charge in [0, 0.05) is 45.3 Å². The maximum absolute atomic E-state index is 13.1. The van der Waals surface area contributed by atoms with E-state index in [1.165, 1.54) is 11.2 Å². The molecule has 0 bridgehead atoms. The Morgan fingerprint density at radius 3 is 2.47 bits per heavy atom. The largest absolute Gasteiger partial charge is 0.454 e. The maximum Gasteiger partial charge on any atom is 0.243 e. The highest BCUT2D eigenvalue weighted by Gasteiger charge is 2.29. The van der Waals surface area contributed by atoms with Crippen molar-refractivity contribution in [2.75, 3.05) is 38.3 Å². The van der Waals surface area contributed by atoms with Gasteiger partial charge in [0.1, 0.15) is 0 Å². The molecule has 1 N–H and O–H groups in total. The summed E-state index contributed by atoms with van der Waals surface area (Å²) >= 11 is 0. The van der Waals surface area contributed by atoms with E-state index in [0.29, 0.717) is 37.4 Å². The number of piperazine rings is 1. The molecule has 2 heterocycles. The van der Waals surface area contributed by atoms with Crippen LogP contribution in [0.5, 0.6) is 11.5 Å². The second-order valence-electron chi connectivity index (χ2n) is 7.53. The molecule has 4 rings (SSSR count). The van der Waals surface area contributed by atoms with Gasteiger partial charge in [-0.25, -0.2) is 8.42 Å². The number of nitrogens with one attached hydrogen (secondary N) is 1. The highest BCUT2D eigenvalue weighted by atomic mass is 32.2. The van der Waals surface area contributed by atoms with Crippen LogP contribution in [0.3, 0.4) is 0 Å². The summed E-state index contributed by atoms with van der Waals surface area (Å²) in [6, 6.07) is 10.7. The number of anilines is 1.